The second-order valence-corrected chi connectivity index (χ2v) is 4.76. The number of amides is 1. The molecule has 0 aliphatic heterocycles. The molecule has 1 fully saturated rings. The van der Waals surface area contributed by atoms with Crippen LogP contribution >= 0.6 is 0 Å². The maximum absolute atomic E-state index is 11.7. The molecule has 2 atom stereocenters. The highest BCUT2D eigenvalue weighted by Crippen LogP contribution is 2.26. The number of carbonyl (C=O) groups excluding carboxylic acids is 1. The zero-order valence-corrected chi connectivity index (χ0v) is 10.4. The van der Waals surface area contributed by atoms with Crippen LogP contribution in [-0.4, -0.2) is 31.7 Å². The third-order valence-electron chi connectivity index (χ3n) is 3.41. The van der Waals surface area contributed by atoms with Crippen molar-refractivity contribution in [2.45, 2.75) is 51.1 Å². The van der Waals surface area contributed by atoms with Crippen molar-refractivity contribution in [3.63, 3.8) is 0 Å². The SMILES string of the molecule is COCC(N)C(=O)NC(C)C1CCCCC1. The lowest BCUT2D eigenvalue weighted by molar-refractivity contribution is -0.124. The first-order valence-electron chi connectivity index (χ1n) is 6.20. The van der Waals surface area contributed by atoms with E-state index in [0.29, 0.717) is 5.92 Å². The second-order valence-electron chi connectivity index (χ2n) is 4.76. The van der Waals surface area contributed by atoms with Crippen LogP contribution in [0, 0.1) is 5.92 Å². The summed E-state index contributed by atoms with van der Waals surface area (Å²) in [6.07, 6.45) is 6.35. The average molecular weight is 228 g/mol. The summed E-state index contributed by atoms with van der Waals surface area (Å²) in [7, 11) is 1.55. The van der Waals surface area contributed by atoms with Gasteiger partial charge in [0.15, 0.2) is 0 Å². The molecule has 0 aromatic carbocycles. The highest BCUT2D eigenvalue weighted by molar-refractivity contribution is 5.81. The molecule has 1 aliphatic carbocycles. The molecule has 0 aromatic rings. The molecule has 0 heterocycles. The van der Waals surface area contributed by atoms with Gasteiger partial charge in [0.1, 0.15) is 6.04 Å². The van der Waals surface area contributed by atoms with Gasteiger partial charge >= 0.3 is 0 Å². The van der Waals surface area contributed by atoms with Crippen molar-refractivity contribution in [3.8, 4) is 0 Å². The summed E-state index contributed by atoms with van der Waals surface area (Å²) in [5.74, 6) is 0.521. The first kappa shape index (κ1) is 13.5. The second kappa shape index (κ2) is 6.86. The fourth-order valence-electron chi connectivity index (χ4n) is 2.34. The van der Waals surface area contributed by atoms with Gasteiger partial charge in [-0.25, -0.2) is 0 Å². The number of carbonyl (C=O) groups is 1. The summed E-state index contributed by atoms with van der Waals surface area (Å²) in [4.78, 5) is 11.7. The minimum Gasteiger partial charge on any atom is -0.383 e. The Morgan fingerprint density at radius 1 is 1.44 bits per heavy atom. The number of methoxy groups -OCH3 is 1. The lowest BCUT2D eigenvalue weighted by atomic mass is 9.84. The highest BCUT2D eigenvalue weighted by Gasteiger charge is 2.23. The summed E-state index contributed by atoms with van der Waals surface area (Å²) in [5.41, 5.74) is 5.67. The van der Waals surface area contributed by atoms with Gasteiger partial charge in [0, 0.05) is 13.2 Å². The van der Waals surface area contributed by atoms with Gasteiger partial charge in [-0.15, -0.1) is 0 Å². The van der Waals surface area contributed by atoms with E-state index in [2.05, 4.69) is 12.2 Å². The van der Waals surface area contributed by atoms with Crippen LogP contribution in [-0.2, 0) is 9.53 Å². The zero-order chi connectivity index (χ0) is 12.0. The van der Waals surface area contributed by atoms with Crippen molar-refractivity contribution in [1.29, 1.82) is 0 Å². The van der Waals surface area contributed by atoms with Crippen LogP contribution in [0.5, 0.6) is 0 Å². The number of rotatable bonds is 5. The first-order chi connectivity index (χ1) is 7.65. The Hall–Kier alpha value is -0.610. The Balaban J connectivity index is 2.31. The first-order valence-corrected chi connectivity index (χ1v) is 6.20. The Bertz CT molecular complexity index is 215. The highest BCUT2D eigenvalue weighted by atomic mass is 16.5. The molecule has 1 rings (SSSR count). The summed E-state index contributed by atoms with van der Waals surface area (Å²) < 4.78 is 4.87. The average Bonchev–Trinajstić information content (AvgIpc) is 2.30. The van der Waals surface area contributed by atoms with E-state index in [4.69, 9.17) is 10.5 Å². The Morgan fingerprint density at radius 2 is 2.06 bits per heavy atom. The van der Waals surface area contributed by atoms with Crippen molar-refractivity contribution >= 4 is 5.91 Å². The monoisotopic (exact) mass is 228 g/mol. The molecular weight excluding hydrogens is 204 g/mol. The van der Waals surface area contributed by atoms with Gasteiger partial charge in [0.05, 0.1) is 6.61 Å². The van der Waals surface area contributed by atoms with Gasteiger partial charge in [-0.3, -0.25) is 4.79 Å². The molecule has 0 bridgehead atoms. The lowest BCUT2D eigenvalue weighted by Crippen LogP contribution is -2.48. The van der Waals surface area contributed by atoms with Crippen LogP contribution in [0.4, 0.5) is 0 Å². The quantitative estimate of drug-likeness (QED) is 0.739. The van der Waals surface area contributed by atoms with E-state index in [1.165, 1.54) is 32.1 Å². The summed E-state index contributed by atoms with van der Waals surface area (Å²) >= 11 is 0. The standard InChI is InChI=1S/C12H24N2O2/c1-9(10-6-4-3-5-7-10)14-12(15)11(13)8-16-2/h9-11H,3-8,13H2,1-2H3,(H,14,15). The summed E-state index contributed by atoms with van der Waals surface area (Å²) in [5, 5.41) is 2.99. The van der Waals surface area contributed by atoms with Crippen LogP contribution in [0.15, 0.2) is 0 Å². The molecule has 0 saturated heterocycles. The van der Waals surface area contributed by atoms with E-state index in [1.807, 2.05) is 0 Å². The number of nitrogens with two attached hydrogens (primary N) is 1. The van der Waals surface area contributed by atoms with Gasteiger partial charge in [-0.05, 0) is 25.7 Å². The van der Waals surface area contributed by atoms with E-state index >= 15 is 0 Å². The summed E-state index contributed by atoms with van der Waals surface area (Å²) in [6.45, 7) is 2.36. The molecule has 16 heavy (non-hydrogen) atoms. The van der Waals surface area contributed by atoms with Crippen molar-refractivity contribution in [2.24, 2.45) is 11.7 Å². The molecular formula is C12H24N2O2. The predicted octanol–water partition coefficient (Wildman–Crippen LogP) is 1.05. The Morgan fingerprint density at radius 3 is 2.62 bits per heavy atom. The third kappa shape index (κ3) is 4.10. The van der Waals surface area contributed by atoms with Crippen molar-refractivity contribution < 1.29 is 9.53 Å². The molecule has 94 valence electrons. The number of ether oxygens (including phenoxy) is 1. The molecule has 1 amide bonds. The largest absolute Gasteiger partial charge is 0.383 e. The molecule has 4 heteroatoms. The van der Waals surface area contributed by atoms with Crippen LogP contribution < -0.4 is 11.1 Å². The minimum atomic E-state index is -0.545. The Labute approximate surface area is 97.9 Å². The van der Waals surface area contributed by atoms with Gasteiger partial charge < -0.3 is 15.8 Å². The van der Waals surface area contributed by atoms with Crippen LogP contribution in [0.3, 0.4) is 0 Å². The van der Waals surface area contributed by atoms with E-state index in [-0.39, 0.29) is 18.6 Å². The summed E-state index contributed by atoms with van der Waals surface area (Å²) in [6, 6.07) is -0.313. The van der Waals surface area contributed by atoms with Crippen molar-refractivity contribution in [1.82, 2.24) is 5.32 Å². The van der Waals surface area contributed by atoms with Gasteiger partial charge in [-0.1, -0.05) is 19.3 Å². The molecule has 1 saturated carbocycles. The molecule has 2 unspecified atom stereocenters. The van der Waals surface area contributed by atoms with Crippen molar-refractivity contribution in [3.05, 3.63) is 0 Å². The van der Waals surface area contributed by atoms with Gasteiger partial charge in [0.25, 0.3) is 0 Å². The normalized spacial score (nSPS) is 21.4. The fraction of sp³-hybridized carbons (Fsp3) is 0.917. The van der Waals surface area contributed by atoms with Crippen LogP contribution in [0.1, 0.15) is 39.0 Å². The molecule has 0 radical (unpaired) electrons. The van der Waals surface area contributed by atoms with E-state index < -0.39 is 6.04 Å². The van der Waals surface area contributed by atoms with Gasteiger partial charge in [0.2, 0.25) is 5.91 Å². The lowest BCUT2D eigenvalue weighted by Gasteiger charge is -2.29. The van der Waals surface area contributed by atoms with E-state index in [9.17, 15) is 4.79 Å². The maximum Gasteiger partial charge on any atom is 0.239 e. The molecule has 0 aromatic heterocycles. The topological polar surface area (TPSA) is 64.3 Å². The number of nitrogens with one attached hydrogen (secondary N) is 1. The van der Waals surface area contributed by atoms with E-state index in [0.717, 1.165) is 0 Å². The molecule has 3 N–H and O–H groups in total. The molecule has 0 spiro atoms. The third-order valence-corrected chi connectivity index (χ3v) is 3.41. The zero-order valence-electron chi connectivity index (χ0n) is 10.4. The smallest absolute Gasteiger partial charge is 0.239 e. The Kier molecular flexibility index (Phi) is 5.77. The molecule has 1 aliphatic rings. The van der Waals surface area contributed by atoms with E-state index in [1.54, 1.807) is 7.11 Å². The van der Waals surface area contributed by atoms with Crippen molar-refractivity contribution in [2.75, 3.05) is 13.7 Å². The number of hydrogen-bond acceptors (Lipinski definition) is 3. The predicted molar refractivity (Wildman–Crippen MR) is 64.0 cm³/mol. The fourth-order valence-corrected chi connectivity index (χ4v) is 2.34. The van der Waals surface area contributed by atoms with Crippen LogP contribution in [0.2, 0.25) is 0 Å². The molecule has 4 nitrogen and oxygen atoms in total. The minimum absolute atomic E-state index is 0.0973. The van der Waals surface area contributed by atoms with Gasteiger partial charge in [-0.2, -0.15) is 0 Å². The number of hydrogen-bond donors (Lipinski definition) is 2. The maximum atomic E-state index is 11.7. The van der Waals surface area contributed by atoms with Crippen LogP contribution in [0.25, 0.3) is 0 Å².